The standard InChI is InChI=1S/C7H6N4O2/c8-7-9-5-3-1-2-4-6(5)10(7)11(12)13/h1-4H,(H2,8,9). The van der Waals surface area contributed by atoms with E-state index in [0.29, 0.717) is 11.0 Å². The number of hydrogen-bond donors (Lipinski definition) is 1. The molecule has 0 bridgehead atoms. The fraction of sp³-hybridized carbons (Fsp3) is 0. The minimum Gasteiger partial charge on any atom is -0.365 e. The molecule has 0 saturated carbocycles. The fourth-order valence-electron chi connectivity index (χ4n) is 1.20. The maximum Gasteiger partial charge on any atom is 0.266 e. The first-order valence-electron chi connectivity index (χ1n) is 3.58. The molecular formula is C7H6N4O2. The van der Waals surface area contributed by atoms with Crippen LogP contribution in [-0.2, 0) is 0 Å². The summed E-state index contributed by atoms with van der Waals surface area (Å²) in [6.07, 6.45) is 0. The number of nitrogens with two attached hydrogens (primary N) is 1. The second-order valence-electron chi connectivity index (χ2n) is 2.51. The highest BCUT2D eigenvalue weighted by atomic mass is 16.7. The first kappa shape index (κ1) is 7.53. The van der Waals surface area contributed by atoms with Gasteiger partial charge in [-0.2, -0.15) is 0 Å². The highest BCUT2D eigenvalue weighted by Crippen LogP contribution is 2.15. The number of rotatable bonds is 1. The zero-order chi connectivity index (χ0) is 9.42. The molecule has 0 unspecified atom stereocenters. The van der Waals surface area contributed by atoms with Gasteiger partial charge in [0.2, 0.25) is 0 Å². The summed E-state index contributed by atoms with van der Waals surface area (Å²) in [5.41, 5.74) is 6.30. The molecule has 0 radical (unpaired) electrons. The van der Waals surface area contributed by atoms with Crippen molar-refractivity contribution in [2.75, 3.05) is 5.73 Å². The van der Waals surface area contributed by atoms with Gasteiger partial charge in [0.1, 0.15) is 5.52 Å². The highest BCUT2D eigenvalue weighted by Gasteiger charge is 2.14. The molecule has 0 atom stereocenters. The SMILES string of the molecule is Nc1nc2ccccc2n1[N+](=O)[O-]. The van der Waals surface area contributed by atoms with E-state index < -0.39 is 5.03 Å². The zero-order valence-corrected chi connectivity index (χ0v) is 6.54. The molecule has 2 rings (SSSR count). The molecule has 0 aliphatic rings. The third-order valence-corrected chi connectivity index (χ3v) is 1.73. The van der Waals surface area contributed by atoms with Crippen LogP contribution in [-0.4, -0.2) is 14.7 Å². The number of aromatic nitrogens is 2. The lowest BCUT2D eigenvalue weighted by atomic mass is 10.3. The van der Waals surface area contributed by atoms with Gasteiger partial charge >= 0.3 is 0 Å². The average molecular weight is 178 g/mol. The molecule has 13 heavy (non-hydrogen) atoms. The molecule has 0 aliphatic heterocycles. The Bertz CT molecular complexity index is 476. The Balaban J connectivity index is 2.86. The lowest BCUT2D eigenvalue weighted by Gasteiger charge is -1.92. The summed E-state index contributed by atoms with van der Waals surface area (Å²) < 4.78 is 0.759. The van der Waals surface area contributed by atoms with Gasteiger partial charge in [-0.1, -0.05) is 12.1 Å². The van der Waals surface area contributed by atoms with Gasteiger partial charge in [-0.05, 0) is 16.8 Å². The van der Waals surface area contributed by atoms with E-state index in [9.17, 15) is 10.1 Å². The molecule has 66 valence electrons. The Morgan fingerprint density at radius 1 is 1.46 bits per heavy atom. The van der Waals surface area contributed by atoms with Gasteiger partial charge in [0.25, 0.3) is 5.95 Å². The van der Waals surface area contributed by atoms with Crippen molar-refractivity contribution in [2.24, 2.45) is 0 Å². The molecular weight excluding hydrogens is 172 g/mol. The van der Waals surface area contributed by atoms with E-state index in [2.05, 4.69) is 4.98 Å². The van der Waals surface area contributed by atoms with Crippen molar-refractivity contribution in [3.05, 3.63) is 34.4 Å². The summed E-state index contributed by atoms with van der Waals surface area (Å²) in [6, 6.07) is 6.72. The molecule has 2 aromatic rings. The summed E-state index contributed by atoms with van der Waals surface area (Å²) in [5, 5.41) is 9.95. The van der Waals surface area contributed by atoms with Gasteiger partial charge in [0, 0.05) is 0 Å². The maximum atomic E-state index is 10.5. The number of para-hydroxylation sites is 2. The first-order valence-corrected chi connectivity index (χ1v) is 3.58. The van der Waals surface area contributed by atoms with Gasteiger partial charge in [0.05, 0.1) is 5.52 Å². The number of nitrogens with zero attached hydrogens (tertiary/aromatic N) is 3. The Morgan fingerprint density at radius 3 is 2.85 bits per heavy atom. The van der Waals surface area contributed by atoms with Crippen LogP contribution >= 0.6 is 0 Å². The first-order chi connectivity index (χ1) is 6.20. The number of imidazole rings is 1. The lowest BCUT2D eigenvalue weighted by Crippen LogP contribution is -2.11. The molecule has 6 nitrogen and oxygen atoms in total. The Kier molecular flexibility index (Phi) is 1.42. The summed E-state index contributed by atoms with van der Waals surface area (Å²) >= 11 is 0. The van der Waals surface area contributed by atoms with Gasteiger partial charge in [-0.3, -0.25) is 0 Å². The van der Waals surface area contributed by atoms with Crippen LogP contribution in [0.4, 0.5) is 5.95 Å². The molecule has 0 saturated heterocycles. The summed E-state index contributed by atoms with van der Waals surface area (Å²) in [5.74, 6) is -0.105. The fourth-order valence-corrected chi connectivity index (χ4v) is 1.20. The number of fused-ring (bicyclic) bond motifs is 1. The van der Waals surface area contributed by atoms with Crippen molar-refractivity contribution in [1.82, 2.24) is 9.66 Å². The van der Waals surface area contributed by atoms with Crippen LogP contribution in [0.3, 0.4) is 0 Å². The van der Waals surface area contributed by atoms with Crippen molar-refractivity contribution < 1.29 is 5.03 Å². The number of anilines is 1. The van der Waals surface area contributed by atoms with Crippen molar-refractivity contribution in [1.29, 1.82) is 0 Å². The summed E-state index contributed by atoms with van der Waals surface area (Å²) in [7, 11) is 0. The topological polar surface area (TPSA) is 87.0 Å². The van der Waals surface area contributed by atoms with Crippen LogP contribution < -0.4 is 5.73 Å². The van der Waals surface area contributed by atoms with E-state index in [1.54, 1.807) is 24.3 Å². The van der Waals surface area contributed by atoms with E-state index in [-0.39, 0.29) is 5.95 Å². The van der Waals surface area contributed by atoms with Gasteiger partial charge in [0.15, 0.2) is 5.03 Å². The molecule has 1 aromatic heterocycles. The molecule has 1 heterocycles. The predicted octanol–water partition coefficient (Wildman–Crippen LogP) is 0.658. The molecule has 0 amide bonds. The third-order valence-electron chi connectivity index (χ3n) is 1.73. The minimum atomic E-state index is -0.593. The average Bonchev–Trinajstić information content (AvgIpc) is 2.39. The summed E-state index contributed by atoms with van der Waals surface area (Å²) in [4.78, 5) is 14.4. The second-order valence-corrected chi connectivity index (χ2v) is 2.51. The zero-order valence-electron chi connectivity index (χ0n) is 6.54. The van der Waals surface area contributed by atoms with Gasteiger partial charge in [-0.15, -0.1) is 0 Å². The van der Waals surface area contributed by atoms with Crippen molar-refractivity contribution >= 4 is 17.0 Å². The molecule has 0 fully saturated rings. The van der Waals surface area contributed by atoms with Crippen LogP contribution in [0.5, 0.6) is 0 Å². The number of nitrogen functional groups attached to an aromatic ring is 1. The van der Waals surface area contributed by atoms with E-state index in [0.717, 1.165) is 4.68 Å². The van der Waals surface area contributed by atoms with Crippen LogP contribution in [0.25, 0.3) is 11.0 Å². The third kappa shape index (κ3) is 0.994. The van der Waals surface area contributed by atoms with Gasteiger partial charge < -0.3 is 5.73 Å². The highest BCUT2D eigenvalue weighted by molar-refractivity contribution is 5.77. The Hall–Kier alpha value is -2.11. The Labute approximate surface area is 72.7 Å². The monoisotopic (exact) mass is 178 g/mol. The van der Waals surface area contributed by atoms with Crippen LogP contribution in [0, 0.1) is 10.1 Å². The van der Waals surface area contributed by atoms with Crippen LogP contribution in [0.2, 0.25) is 0 Å². The quantitative estimate of drug-likeness (QED) is 0.513. The van der Waals surface area contributed by atoms with E-state index in [4.69, 9.17) is 5.73 Å². The molecule has 0 spiro atoms. The van der Waals surface area contributed by atoms with Crippen molar-refractivity contribution in [3.8, 4) is 0 Å². The van der Waals surface area contributed by atoms with Gasteiger partial charge in [-0.25, -0.2) is 15.1 Å². The molecule has 2 N–H and O–H groups in total. The second kappa shape index (κ2) is 2.44. The van der Waals surface area contributed by atoms with Crippen molar-refractivity contribution in [3.63, 3.8) is 0 Å². The minimum absolute atomic E-state index is 0.105. The van der Waals surface area contributed by atoms with E-state index >= 15 is 0 Å². The normalized spacial score (nSPS) is 10.5. The number of nitro groups is 1. The van der Waals surface area contributed by atoms with Crippen molar-refractivity contribution in [2.45, 2.75) is 0 Å². The van der Waals surface area contributed by atoms with Crippen LogP contribution in [0.15, 0.2) is 24.3 Å². The molecule has 6 heteroatoms. The molecule has 1 aromatic carbocycles. The predicted molar refractivity (Wildman–Crippen MR) is 46.5 cm³/mol. The number of benzene rings is 1. The summed E-state index contributed by atoms with van der Waals surface area (Å²) in [6.45, 7) is 0. The largest absolute Gasteiger partial charge is 0.365 e. The lowest BCUT2D eigenvalue weighted by molar-refractivity contribution is -0.535. The Morgan fingerprint density at radius 2 is 2.15 bits per heavy atom. The number of hydrogen-bond acceptors (Lipinski definition) is 4. The van der Waals surface area contributed by atoms with Crippen LogP contribution in [0.1, 0.15) is 0 Å². The molecule has 0 aliphatic carbocycles. The van der Waals surface area contributed by atoms with E-state index in [1.807, 2.05) is 0 Å². The maximum absolute atomic E-state index is 10.5. The smallest absolute Gasteiger partial charge is 0.266 e. The van der Waals surface area contributed by atoms with E-state index in [1.165, 1.54) is 0 Å².